The lowest BCUT2D eigenvalue weighted by Gasteiger charge is -2.29. The highest BCUT2D eigenvalue weighted by Gasteiger charge is 2.56. The maximum absolute atomic E-state index is 13.0. The van der Waals surface area contributed by atoms with Gasteiger partial charge in [-0.15, -0.1) is 0 Å². The molecule has 0 aliphatic carbocycles. The Kier molecular flexibility index (Phi) is 4.69. The average Bonchev–Trinajstić information content (AvgIpc) is 3.22. The maximum Gasteiger partial charge on any atom is 0.263 e. The third-order valence-corrected chi connectivity index (χ3v) is 5.19. The van der Waals surface area contributed by atoms with E-state index in [9.17, 15) is 24.1 Å². The van der Waals surface area contributed by atoms with Gasteiger partial charge in [-0.25, -0.2) is 18.7 Å². The Morgan fingerprint density at radius 1 is 1.28 bits per heavy atom. The molecule has 9 nitrogen and oxygen atoms in total. The van der Waals surface area contributed by atoms with Gasteiger partial charge in [-0.3, -0.25) is 4.98 Å². The van der Waals surface area contributed by atoms with E-state index in [1.54, 1.807) is 12.3 Å². The molecule has 5 atom stereocenters. The van der Waals surface area contributed by atoms with Crippen LogP contribution in [0.2, 0.25) is 0 Å². The van der Waals surface area contributed by atoms with E-state index in [4.69, 9.17) is 10.5 Å². The zero-order valence-electron chi connectivity index (χ0n) is 15.2. The molecule has 1 fully saturated rings. The predicted molar refractivity (Wildman–Crippen MR) is 96.6 cm³/mol. The molecule has 3 aromatic rings. The summed E-state index contributed by atoms with van der Waals surface area (Å²) in [4.78, 5) is 11.9. The van der Waals surface area contributed by atoms with Crippen LogP contribution in [0.1, 0.15) is 36.9 Å². The summed E-state index contributed by atoms with van der Waals surface area (Å²) in [6.45, 7) is 1.29. The van der Waals surface area contributed by atoms with E-state index < -0.39 is 36.6 Å². The second kappa shape index (κ2) is 6.95. The quantitative estimate of drug-likeness (QED) is 0.504. The summed E-state index contributed by atoms with van der Waals surface area (Å²) >= 11 is 0. The van der Waals surface area contributed by atoms with E-state index in [-0.39, 0.29) is 17.1 Å². The van der Waals surface area contributed by atoms with E-state index in [1.807, 2.05) is 0 Å². The summed E-state index contributed by atoms with van der Waals surface area (Å²) in [5.74, 6) is 0.234. The fourth-order valence-corrected chi connectivity index (χ4v) is 3.55. The number of rotatable bonds is 4. The summed E-state index contributed by atoms with van der Waals surface area (Å²) in [7, 11) is 0. The lowest BCUT2D eigenvalue weighted by atomic mass is 9.89. The third-order valence-electron chi connectivity index (χ3n) is 5.19. The number of alkyl halides is 2. The highest BCUT2D eigenvalue weighted by atomic mass is 19.3. The smallest absolute Gasteiger partial charge is 0.263 e. The molecule has 154 valence electrons. The highest BCUT2D eigenvalue weighted by molar-refractivity contribution is 5.86. The molecule has 0 amide bonds. The molecule has 4 heterocycles. The minimum absolute atomic E-state index is 0.107. The van der Waals surface area contributed by atoms with Crippen molar-refractivity contribution in [3.63, 3.8) is 0 Å². The zero-order valence-corrected chi connectivity index (χ0v) is 15.2. The van der Waals surface area contributed by atoms with Crippen LogP contribution in [0.5, 0.6) is 0 Å². The number of hydrogen-bond acceptors (Lipinski definition) is 8. The number of aromatic nitrogens is 4. The van der Waals surface area contributed by atoms with Crippen LogP contribution >= 0.6 is 0 Å². The van der Waals surface area contributed by atoms with Gasteiger partial charge in [0, 0.05) is 18.0 Å². The van der Waals surface area contributed by atoms with Gasteiger partial charge in [0.25, 0.3) is 6.43 Å². The molecular weight excluding hydrogens is 388 g/mol. The summed E-state index contributed by atoms with van der Waals surface area (Å²) < 4.78 is 33.2. The first-order valence-electron chi connectivity index (χ1n) is 8.76. The number of nitrogens with two attached hydrogens (primary N) is 1. The number of hydrogen-bond donors (Lipinski definition) is 4. The monoisotopic (exact) mass is 407 g/mol. The van der Waals surface area contributed by atoms with Crippen molar-refractivity contribution in [2.45, 2.75) is 43.5 Å². The molecule has 29 heavy (non-hydrogen) atoms. The minimum atomic E-state index is -2.75. The van der Waals surface area contributed by atoms with Gasteiger partial charge in [-0.1, -0.05) is 0 Å². The minimum Gasteiger partial charge on any atom is -0.385 e. The fraction of sp³-hybridized carbons (Fsp3) is 0.389. The second-order valence-electron chi connectivity index (χ2n) is 7.10. The molecule has 0 aromatic carbocycles. The predicted octanol–water partition coefficient (Wildman–Crippen LogP) is 1.09. The average molecular weight is 407 g/mol. The van der Waals surface area contributed by atoms with Crippen LogP contribution in [-0.4, -0.2) is 52.6 Å². The lowest BCUT2D eigenvalue weighted by Crippen LogP contribution is -2.47. The number of fused-ring (bicyclic) bond motifs is 1. The van der Waals surface area contributed by atoms with Gasteiger partial charge in [0.1, 0.15) is 41.7 Å². The molecular formula is C18H19F2N5O4. The first kappa shape index (κ1) is 19.6. The molecule has 4 rings (SSSR count). The third kappa shape index (κ3) is 3.12. The zero-order chi connectivity index (χ0) is 20.9. The topological polar surface area (TPSA) is 140 Å². The Labute approximate surface area is 163 Å². The summed E-state index contributed by atoms with van der Waals surface area (Å²) in [5, 5.41) is 32.8. The molecule has 1 saturated heterocycles. The van der Waals surface area contributed by atoms with Crippen molar-refractivity contribution in [2.75, 3.05) is 5.73 Å². The number of halogens is 2. The Bertz CT molecular complexity index is 1040. The molecule has 1 aliphatic heterocycles. The van der Waals surface area contributed by atoms with E-state index in [2.05, 4.69) is 15.0 Å². The van der Waals surface area contributed by atoms with Crippen LogP contribution in [0.25, 0.3) is 11.0 Å². The van der Waals surface area contributed by atoms with Crippen LogP contribution in [0.15, 0.2) is 36.9 Å². The number of pyridine rings is 1. The van der Waals surface area contributed by atoms with Gasteiger partial charge in [0.15, 0.2) is 6.23 Å². The van der Waals surface area contributed by atoms with Crippen molar-refractivity contribution >= 4 is 16.9 Å². The van der Waals surface area contributed by atoms with Gasteiger partial charge in [-0.2, -0.15) is 0 Å². The SMILES string of the molecule is C[C@@]1(O)[C@@H]([C@@H](O)c2cc(C(F)F)ccn2)O[C@@H](n2ccc3c(N)ncnc32)[C@@H]1O. The standard InChI is InChI=1S/C18H19F2N5O4/c1-18(28)12(27)17(25-5-3-9-15(21)23-7-24-16(9)25)29-13(18)11(26)10-6-8(14(19)20)2-4-22-10/h2-7,11-14,17,26-28H,1H3,(H2,21,23,24)/t11-,12-,13+,17+,18-/m0/s1. The van der Waals surface area contributed by atoms with Crippen LogP contribution in [0.4, 0.5) is 14.6 Å². The first-order chi connectivity index (χ1) is 13.7. The number of ether oxygens (including phenoxy) is 1. The number of nitrogen functional groups attached to an aromatic ring is 1. The molecule has 5 N–H and O–H groups in total. The van der Waals surface area contributed by atoms with Crippen molar-refractivity contribution < 1.29 is 28.8 Å². The number of aliphatic hydroxyl groups excluding tert-OH is 2. The maximum atomic E-state index is 13.0. The van der Waals surface area contributed by atoms with Gasteiger partial charge in [0.05, 0.1) is 11.1 Å². The van der Waals surface area contributed by atoms with Crippen molar-refractivity contribution in [3.8, 4) is 0 Å². The Morgan fingerprint density at radius 2 is 2.03 bits per heavy atom. The number of nitrogens with zero attached hydrogens (tertiary/aromatic N) is 4. The van der Waals surface area contributed by atoms with Crippen molar-refractivity contribution in [1.29, 1.82) is 0 Å². The highest BCUT2D eigenvalue weighted by Crippen LogP contribution is 2.43. The number of aliphatic hydroxyl groups is 3. The van der Waals surface area contributed by atoms with Crippen LogP contribution < -0.4 is 5.73 Å². The molecule has 0 saturated carbocycles. The van der Waals surface area contributed by atoms with E-state index in [1.165, 1.54) is 17.8 Å². The molecule has 0 bridgehead atoms. The number of anilines is 1. The van der Waals surface area contributed by atoms with Crippen molar-refractivity contribution in [3.05, 3.63) is 48.2 Å². The Morgan fingerprint density at radius 3 is 2.76 bits per heavy atom. The van der Waals surface area contributed by atoms with Gasteiger partial charge in [0.2, 0.25) is 0 Å². The fourth-order valence-electron chi connectivity index (χ4n) is 3.55. The summed E-state index contributed by atoms with van der Waals surface area (Å²) in [5.41, 5.74) is 3.84. The van der Waals surface area contributed by atoms with E-state index in [0.29, 0.717) is 11.0 Å². The Hall–Kier alpha value is -2.73. The van der Waals surface area contributed by atoms with Crippen molar-refractivity contribution in [2.24, 2.45) is 0 Å². The molecule has 0 unspecified atom stereocenters. The lowest BCUT2D eigenvalue weighted by molar-refractivity contribution is -0.116. The Balaban J connectivity index is 1.69. The van der Waals surface area contributed by atoms with Gasteiger partial charge >= 0.3 is 0 Å². The van der Waals surface area contributed by atoms with Crippen LogP contribution in [-0.2, 0) is 4.74 Å². The molecule has 11 heteroatoms. The van der Waals surface area contributed by atoms with Crippen molar-refractivity contribution in [1.82, 2.24) is 19.5 Å². The molecule has 3 aromatic heterocycles. The molecule has 1 aliphatic rings. The summed E-state index contributed by atoms with van der Waals surface area (Å²) in [6.07, 6.45) is -4.30. The van der Waals surface area contributed by atoms with E-state index in [0.717, 1.165) is 18.3 Å². The molecule has 0 radical (unpaired) electrons. The largest absolute Gasteiger partial charge is 0.385 e. The van der Waals surface area contributed by atoms with Gasteiger partial charge in [-0.05, 0) is 25.1 Å². The van der Waals surface area contributed by atoms with Crippen LogP contribution in [0, 0.1) is 0 Å². The van der Waals surface area contributed by atoms with Gasteiger partial charge < -0.3 is 30.4 Å². The van der Waals surface area contributed by atoms with Crippen LogP contribution in [0.3, 0.4) is 0 Å². The normalized spacial score (nSPS) is 28.3. The first-order valence-corrected chi connectivity index (χ1v) is 8.76. The van der Waals surface area contributed by atoms with E-state index >= 15 is 0 Å². The molecule has 0 spiro atoms. The summed E-state index contributed by atoms with van der Waals surface area (Å²) in [6, 6.07) is 3.79. The second-order valence-corrected chi connectivity index (χ2v) is 7.10.